The molecule has 0 unspecified atom stereocenters. The monoisotopic (exact) mass is 179 g/mol. The van der Waals surface area contributed by atoms with Crippen LogP contribution in [-0.2, 0) is 0 Å². The second kappa shape index (κ2) is 3.29. The summed E-state index contributed by atoms with van der Waals surface area (Å²) in [6.45, 7) is 9.37. The highest BCUT2D eigenvalue weighted by Crippen LogP contribution is 2.56. The Morgan fingerprint density at radius 3 is 1.54 bits per heavy atom. The van der Waals surface area contributed by atoms with Gasteiger partial charge in [0.15, 0.2) is 0 Å². The average Bonchev–Trinajstić information content (AvgIpc) is 1.77. The van der Waals surface area contributed by atoms with Crippen LogP contribution in [0.1, 0.15) is 52.4 Å². The molecule has 2 aliphatic rings. The van der Waals surface area contributed by atoms with Crippen LogP contribution >= 0.6 is 0 Å². The van der Waals surface area contributed by atoms with Gasteiger partial charge in [0, 0.05) is 0 Å². The van der Waals surface area contributed by atoms with E-state index in [-0.39, 0.29) is 0 Å². The Morgan fingerprint density at radius 2 is 1.38 bits per heavy atom. The molecule has 0 aromatic rings. The van der Waals surface area contributed by atoms with Crippen LogP contribution in [-0.4, -0.2) is 0 Å². The van der Waals surface area contributed by atoms with Crippen molar-refractivity contribution < 1.29 is 0 Å². The Balaban J connectivity index is 2.08. The van der Waals surface area contributed by atoms with Crippen LogP contribution in [0.2, 0.25) is 0 Å². The summed E-state index contributed by atoms with van der Waals surface area (Å²) in [6.07, 6.45) is 8.75. The van der Waals surface area contributed by atoms with Crippen LogP contribution in [0.15, 0.2) is 0 Å². The lowest BCUT2D eigenvalue weighted by Crippen LogP contribution is -2.45. The summed E-state index contributed by atoms with van der Waals surface area (Å²) in [7, 11) is 0. The summed E-state index contributed by atoms with van der Waals surface area (Å²) in [5.74, 6) is 2.69. The Kier molecular flexibility index (Phi) is 2.42. The molecule has 2 rings (SSSR count). The third kappa shape index (κ3) is 1.33. The second-order valence-electron chi connectivity index (χ2n) is 5.52. The van der Waals surface area contributed by atoms with Gasteiger partial charge in [0.25, 0.3) is 0 Å². The van der Waals surface area contributed by atoms with E-state index in [1.807, 2.05) is 0 Å². The Hall–Kier alpha value is 0. The molecular formula is C13H23. The SMILES string of the molecule is [CH2]C(C(C)C)(C1CCC1)C1CCC1. The molecule has 0 heterocycles. The molecule has 0 aromatic heterocycles. The molecule has 0 heteroatoms. The van der Waals surface area contributed by atoms with Gasteiger partial charge in [0.05, 0.1) is 0 Å². The standard InChI is InChI=1S/C13H23/c1-10(2)13(3,11-6-4-7-11)12-8-5-9-12/h10-12H,3-9H2,1-2H3. The highest BCUT2D eigenvalue weighted by Gasteiger charge is 2.47. The molecule has 2 fully saturated rings. The lowest BCUT2D eigenvalue weighted by Gasteiger charge is -2.54. The zero-order valence-corrected chi connectivity index (χ0v) is 9.18. The topological polar surface area (TPSA) is 0 Å². The molecule has 13 heavy (non-hydrogen) atoms. The summed E-state index contributed by atoms with van der Waals surface area (Å²) < 4.78 is 0. The van der Waals surface area contributed by atoms with Gasteiger partial charge in [-0.25, -0.2) is 0 Å². The normalized spacial score (nSPS) is 25.8. The summed E-state index contributed by atoms with van der Waals surface area (Å²) in [6, 6.07) is 0. The molecule has 0 nitrogen and oxygen atoms in total. The fourth-order valence-electron chi connectivity index (χ4n) is 3.17. The van der Waals surface area contributed by atoms with Gasteiger partial charge in [-0.05, 0) is 55.8 Å². The molecule has 1 radical (unpaired) electrons. The van der Waals surface area contributed by atoms with E-state index in [0.717, 1.165) is 17.8 Å². The molecular weight excluding hydrogens is 156 g/mol. The van der Waals surface area contributed by atoms with Crippen molar-refractivity contribution in [2.75, 3.05) is 0 Å². The third-order valence-electron chi connectivity index (χ3n) is 4.81. The van der Waals surface area contributed by atoms with Crippen LogP contribution in [0, 0.1) is 30.1 Å². The first kappa shape index (κ1) is 9.55. The molecule has 2 saturated carbocycles. The van der Waals surface area contributed by atoms with Crippen molar-refractivity contribution in [1.82, 2.24) is 0 Å². The predicted octanol–water partition coefficient (Wildman–Crippen LogP) is 4.06. The smallest absolute Gasteiger partial charge is 0.0218 e. The third-order valence-corrected chi connectivity index (χ3v) is 4.81. The summed E-state index contributed by atoms with van der Waals surface area (Å²) in [5, 5.41) is 0. The molecule has 0 saturated heterocycles. The van der Waals surface area contributed by atoms with Gasteiger partial charge < -0.3 is 0 Å². The van der Waals surface area contributed by atoms with E-state index < -0.39 is 0 Å². The Morgan fingerprint density at radius 1 is 1.00 bits per heavy atom. The van der Waals surface area contributed by atoms with Gasteiger partial charge in [-0.1, -0.05) is 26.7 Å². The Labute approximate surface area is 83.1 Å². The lowest BCUT2D eigenvalue weighted by atomic mass is 9.51. The highest BCUT2D eigenvalue weighted by molar-refractivity contribution is 5.01. The van der Waals surface area contributed by atoms with Crippen LogP contribution in [0.3, 0.4) is 0 Å². The zero-order valence-electron chi connectivity index (χ0n) is 9.18. The quantitative estimate of drug-likeness (QED) is 0.613. The van der Waals surface area contributed by atoms with Crippen LogP contribution in [0.25, 0.3) is 0 Å². The fourth-order valence-corrected chi connectivity index (χ4v) is 3.17. The average molecular weight is 179 g/mol. The Bertz CT molecular complexity index is 158. The zero-order chi connectivity index (χ0) is 9.47. The highest BCUT2D eigenvalue weighted by atomic mass is 14.5. The second-order valence-corrected chi connectivity index (χ2v) is 5.52. The van der Waals surface area contributed by atoms with Crippen molar-refractivity contribution in [3.8, 4) is 0 Å². The van der Waals surface area contributed by atoms with Crippen LogP contribution < -0.4 is 0 Å². The van der Waals surface area contributed by atoms with Gasteiger partial charge in [0.1, 0.15) is 0 Å². The van der Waals surface area contributed by atoms with Crippen molar-refractivity contribution in [3.63, 3.8) is 0 Å². The molecule has 0 aliphatic heterocycles. The maximum absolute atomic E-state index is 4.61. The van der Waals surface area contributed by atoms with E-state index in [4.69, 9.17) is 0 Å². The molecule has 0 amide bonds. The minimum Gasteiger partial charge on any atom is -0.0622 e. The summed E-state index contributed by atoms with van der Waals surface area (Å²) >= 11 is 0. The number of rotatable bonds is 3. The summed E-state index contributed by atoms with van der Waals surface area (Å²) in [4.78, 5) is 0. The van der Waals surface area contributed by atoms with Crippen molar-refractivity contribution in [2.45, 2.75) is 52.4 Å². The largest absolute Gasteiger partial charge is 0.0622 e. The van der Waals surface area contributed by atoms with E-state index in [1.54, 1.807) is 0 Å². The van der Waals surface area contributed by atoms with Gasteiger partial charge >= 0.3 is 0 Å². The molecule has 0 atom stereocenters. The first-order valence-electron chi connectivity index (χ1n) is 6.01. The number of hydrogen-bond donors (Lipinski definition) is 0. The predicted molar refractivity (Wildman–Crippen MR) is 57.3 cm³/mol. The van der Waals surface area contributed by atoms with E-state index in [0.29, 0.717) is 5.41 Å². The molecule has 0 aromatic carbocycles. The lowest BCUT2D eigenvalue weighted by molar-refractivity contribution is -0.0179. The van der Waals surface area contributed by atoms with Crippen LogP contribution in [0.5, 0.6) is 0 Å². The minimum atomic E-state index is 0.441. The summed E-state index contributed by atoms with van der Waals surface area (Å²) in [5.41, 5.74) is 0.441. The van der Waals surface area contributed by atoms with E-state index in [1.165, 1.54) is 38.5 Å². The molecule has 2 aliphatic carbocycles. The van der Waals surface area contributed by atoms with E-state index in [9.17, 15) is 0 Å². The molecule has 0 N–H and O–H groups in total. The van der Waals surface area contributed by atoms with E-state index in [2.05, 4.69) is 20.8 Å². The van der Waals surface area contributed by atoms with Gasteiger partial charge in [-0.3, -0.25) is 0 Å². The van der Waals surface area contributed by atoms with Gasteiger partial charge in [-0.2, -0.15) is 0 Å². The van der Waals surface area contributed by atoms with Crippen molar-refractivity contribution in [2.24, 2.45) is 23.2 Å². The maximum Gasteiger partial charge on any atom is -0.0218 e. The molecule has 75 valence electrons. The van der Waals surface area contributed by atoms with Gasteiger partial charge in [-0.15, -0.1) is 0 Å². The molecule has 0 spiro atoms. The maximum atomic E-state index is 4.61. The minimum absolute atomic E-state index is 0.441. The van der Waals surface area contributed by atoms with Crippen molar-refractivity contribution in [3.05, 3.63) is 6.92 Å². The number of hydrogen-bond acceptors (Lipinski definition) is 0. The van der Waals surface area contributed by atoms with Crippen molar-refractivity contribution in [1.29, 1.82) is 0 Å². The first-order valence-corrected chi connectivity index (χ1v) is 6.01. The molecule has 0 bridgehead atoms. The van der Waals surface area contributed by atoms with Crippen LogP contribution in [0.4, 0.5) is 0 Å². The first-order chi connectivity index (χ1) is 6.15. The van der Waals surface area contributed by atoms with Crippen molar-refractivity contribution >= 4 is 0 Å². The van der Waals surface area contributed by atoms with Gasteiger partial charge in [0.2, 0.25) is 0 Å². The fraction of sp³-hybridized carbons (Fsp3) is 0.923. The van der Waals surface area contributed by atoms with E-state index >= 15 is 0 Å².